The highest BCUT2D eigenvalue weighted by atomic mass is 19.1. The molecule has 4 nitrogen and oxygen atoms in total. The van der Waals surface area contributed by atoms with E-state index in [9.17, 15) is 4.39 Å². The zero-order valence-electron chi connectivity index (χ0n) is 6.76. The molecule has 0 radical (unpaired) electrons. The molecule has 0 atom stereocenters. The largest absolute Gasteiger partial charge is 0.228 e. The molecular weight excluding hydrogens is 171 g/mol. The SMILES string of the molecule is Fc1cccc(Cn2cnnn2)c1. The van der Waals surface area contributed by atoms with Gasteiger partial charge in [0.05, 0.1) is 6.54 Å². The summed E-state index contributed by atoms with van der Waals surface area (Å²) in [4.78, 5) is 0. The van der Waals surface area contributed by atoms with Gasteiger partial charge in [0.15, 0.2) is 0 Å². The molecule has 0 saturated heterocycles. The summed E-state index contributed by atoms with van der Waals surface area (Å²) in [6.45, 7) is 0.491. The van der Waals surface area contributed by atoms with E-state index in [0.29, 0.717) is 6.54 Å². The topological polar surface area (TPSA) is 43.6 Å². The maximum Gasteiger partial charge on any atom is 0.138 e. The number of tetrazole rings is 1. The maximum absolute atomic E-state index is 12.7. The molecule has 0 aliphatic heterocycles. The number of hydrogen-bond acceptors (Lipinski definition) is 3. The van der Waals surface area contributed by atoms with Crippen LogP contribution in [0.5, 0.6) is 0 Å². The van der Waals surface area contributed by atoms with Crippen LogP contribution in [0.1, 0.15) is 5.56 Å². The number of aromatic nitrogens is 4. The van der Waals surface area contributed by atoms with Crippen molar-refractivity contribution in [3.63, 3.8) is 0 Å². The monoisotopic (exact) mass is 178 g/mol. The number of rotatable bonds is 2. The van der Waals surface area contributed by atoms with Gasteiger partial charge in [-0.15, -0.1) is 5.10 Å². The number of nitrogens with zero attached hydrogens (tertiary/aromatic N) is 4. The predicted octanol–water partition coefficient (Wildman–Crippen LogP) is 0.860. The smallest absolute Gasteiger partial charge is 0.138 e. The van der Waals surface area contributed by atoms with Gasteiger partial charge < -0.3 is 0 Å². The van der Waals surface area contributed by atoms with Crippen LogP contribution in [-0.4, -0.2) is 20.2 Å². The first kappa shape index (κ1) is 7.85. The number of benzene rings is 1. The van der Waals surface area contributed by atoms with Gasteiger partial charge in [-0.25, -0.2) is 9.07 Å². The molecule has 13 heavy (non-hydrogen) atoms. The summed E-state index contributed by atoms with van der Waals surface area (Å²) in [5.41, 5.74) is 0.840. The lowest BCUT2D eigenvalue weighted by Crippen LogP contribution is -2.00. The minimum absolute atomic E-state index is 0.245. The quantitative estimate of drug-likeness (QED) is 0.685. The van der Waals surface area contributed by atoms with Gasteiger partial charge in [-0.3, -0.25) is 0 Å². The average Bonchev–Trinajstić information content (AvgIpc) is 2.57. The van der Waals surface area contributed by atoms with Crippen LogP contribution in [0.3, 0.4) is 0 Å². The first-order valence-electron chi connectivity index (χ1n) is 3.80. The van der Waals surface area contributed by atoms with Crippen molar-refractivity contribution < 1.29 is 4.39 Å². The molecule has 0 bridgehead atoms. The Morgan fingerprint density at radius 2 is 2.31 bits per heavy atom. The Hall–Kier alpha value is -1.78. The predicted molar refractivity (Wildman–Crippen MR) is 43.3 cm³/mol. The van der Waals surface area contributed by atoms with Gasteiger partial charge in [0.25, 0.3) is 0 Å². The molecule has 0 fully saturated rings. The highest BCUT2D eigenvalue weighted by molar-refractivity contribution is 5.16. The minimum atomic E-state index is -0.245. The van der Waals surface area contributed by atoms with E-state index in [1.165, 1.54) is 23.1 Å². The molecule has 0 spiro atoms. The van der Waals surface area contributed by atoms with Crippen LogP contribution in [0, 0.1) is 5.82 Å². The Morgan fingerprint density at radius 3 is 3.00 bits per heavy atom. The summed E-state index contributed by atoms with van der Waals surface area (Å²) in [6.07, 6.45) is 1.49. The lowest BCUT2D eigenvalue weighted by molar-refractivity contribution is 0.614. The first-order chi connectivity index (χ1) is 6.34. The van der Waals surface area contributed by atoms with Crippen LogP contribution in [0.15, 0.2) is 30.6 Å². The third-order valence-corrected chi connectivity index (χ3v) is 1.63. The second-order valence-corrected chi connectivity index (χ2v) is 2.64. The van der Waals surface area contributed by atoms with E-state index in [4.69, 9.17) is 0 Å². The summed E-state index contributed by atoms with van der Waals surface area (Å²) in [6, 6.07) is 6.35. The molecule has 1 aromatic carbocycles. The van der Waals surface area contributed by atoms with E-state index in [-0.39, 0.29) is 5.82 Å². The van der Waals surface area contributed by atoms with Gasteiger partial charge in [-0.05, 0) is 28.1 Å². The van der Waals surface area contributed by atoms with Crippen LogP contribution in [0.4, 0.5) is 4.39 Å². The van der Waals surface area contributed by atoms with Crippen molar-refractivity contribution in [1.29, 1.82) is 0 Å². The van der Waals surface area contributed by atoms with Crippen LogP contribution in [0.2, 0.25) is 0 Å². The van der Waals surface area contributed by atoms with Crippen molar-refractivity contribution in [3.05, 3.63) is 42.0 Å². The van der Waals surface area contributed by atoms with Crippen LogP contribution in [0.25, 0.3) is 0 Å². The number of halogens is 1. The van der Waals surface area contributed by atoms with E-state index in [2.05, 4.69) is 15.5 Å². The summed E-state index contributed by atoms with van der Waals surface area (Å²) >= 11 is 0. The molecule has 2 aromatic rings. The third kappa shape index (κ3) is 1.87. The van der Waals surface area contributed by atoms with Gasteiger partial charge in [0, 0.05) is 0 Å². The molecule has 1 heterocycles. The fourth-order valence-electron chi connectivity index (χ4n) is 1.08. The molecule has 0 aliphatic rings. The molecule has 0 aliphatic carbocycles. The van der Waals surface area contributed by atoms with E-state index in [1.807, 2.05) is 6.07 Å². The molecular formula is C8H7FN4. The van der Waals surface area contributed by atoms with Crippen LogP contribution >= 0.6 is 0 Å². The van der Waals surface area contributed by atoms with Crippen molar-refractivity contribution in [2.75, 3.05) is 0 Å². The average molecular weight is 178 g/mol. The van der Waals surface area contributed by atoms with Crippen molar-refractivity contribution in [1.82, 2.24) is 20.2 Å². The van der Waals surface area contributed by atoms with Gasteiger partial charge in [0.2, 0.25) is 0 Å². The van der Waals surface area contributed by atoms with Gasteiger partial charge >= 0.3 is 0 Å². The third-order valence-electron chi connectivity index (χ3n) is 1.63. The second-order valence-electron chi connectivity index (χ2n) is 2.64. The van der Waals surface area contributed by atoms with Crippen molar-refractivity contribution in [2.24, 2.45) is 0 Å². The molecule has 0 unspecified atom stereocenters. The maximum atomic E-state index is 12.7. The van der Waals surface area contributed by atoms with E-state index in [1.54, 1.807) is 6.07 Å². The van der Waals surface area contributed by atoms with Crippen molar-refractivity contribution in [2.45, 2.75) is 6.54 Å². The molecule has 5 heteroatoms. The molecule has 66 valence electrons. The summed E-state index contributed by atoms with van der Waals surface area (Å²) < 4.78 is 14.3. The lowest BCUT2D eigenvalue weighted by atomic mass is 10.2. The first-order valence-corrected chi connectivity index (χ1v) is 3.80. The standard InChI is InChI=1S/C8H7FN4/c9-8-3-1-2-7(4-8)5-13-6-10-11-12-13/h1-4,6H,5H2. The zero-order valence-corrected chi connectivity index (χ0v) is 6.76. The molecule has 0 N–H and O–H groups in total. The van der Waals surface area contributed by atoms with Crippen LogP contribution in [-0.2, 0) is 6.54 Å². The number of hydrogen-bond donors (Lipinski definition) is 0. The minimum Gasteiger partial charge on any atom is -0.228 e. The Kier molecular flexibility index (Phi) is 1.99. The summed E-state index contributed by atoms with van der Waals surface area (Å²) in [5.74, 6) is -0.245. The van der Waals surface area contributed by atoms with E-state index in [0.717, 1.165) is 5.56 Å². The molecule has 0 amide bonds. The summed E-state index contributed by atoms with van der Waals surface area (Å²) in [5, 5.41) is 10.6. The second kappa shape index (κ2) is 3.30. The highest BCUT2D eigenvalue weighted by Crippen LogP contribution is 2.04. The lowest BCUT2D eigenvalue weighted by Gasteiger charge is -1.98. The van der Waals surface area contributed by atoms with Crippen LogP contribution < -0.4 is 0 Å². The normalized spacial score (nSPS) is 10.2. The summed E-state index contributed by atoms with van der Waals surface area (Å²) in [7, 11) is 0. The Morgan fingerprint density at radius 1 is 1.38 bits per heavy atom. The highest BCUT2D eigenvalue weighted by Gasteiger charge is 1.97. The molecule has 2 rings (SSSR count). The Labute approximate surface area is 74.0 Å². The van der Waals surface area contributed by atoms with Crippen molar-refractivity contribution in [3.8, 4) is 0 Å². The zero-order chi connectivity index (χ0) is 9.10. The Balaban J connectivity index is 2.19. The van der Waals surface area contributed by atoms with E-state index >= 15 is 0 Å². The fraction of sp³-hybridized carbons (Fsp3) is 0.125. The van der Waals surface area contributed by atoms with Gasteiger partial charge in [-0.2, -0.15) is 0 Å². The van der Waals surface area contributed by atoms with E-state index < -0.39 is 0 Å². The Bertz CT molecular complexity index is 385. The molecule has 1 aromatic heterocycles. The van der Waals surface area contributed by atoms with Gasteiger partial charge in [0.1, 0.15) is 12.1 Å². The van der Waals surface area contributed by atoms with Crippen molar-refractivity contribution >= 4 is 0 Å². The molecule has 0 saturated carbocycles. The van der Waals surface area contributed by atoms with Gasteiger partial charge in [-0.1, -0.05) is 12.1 Å². The fourth-order valence-corrected chi connectivity index (χ4v) is 1.08.